The van der Waals surface area contributed by atoms with E-state index in [1.807, 2.05) is 84.9 Å². The molecule has 3 nitrogen and oxygen atoms in total. The molecule has 3 aromatic carbocycles. The molecule has 0 aromatic heterocycles. The number of ether oxygens (including phenoxy) is 1. The Morgan fingerprint density at radius 1 is 0.731 bits per heavy atom. The molecule has 0 bridgehead atoms. The molecule has 0 aliphatic carbocycles. The third-order valence-electron chi connectivity index (χ3n) is 4.14. The number of nitrogens with zero attached hydrogens (tertiary/aromatic N) is 1. The lowest BCUT2D eigenvalue weighted by Gasteiger charge is -2.23. The zero-order chi connectivity index (χ0) is 18.6. The third-order valence-corrected chi connectivity index (χ3v) is 4.14. The highest BCUT2D eigenvalue weighted by atomic mass is 16.6. The van der Waals surface area contributed by atoms with Gasteiger partial charge in [0, 0.05) is 0 Å². The number of para-hydroxylation sites is 2. The predicted molar refractivity (Wildman–Crippen MR) is 106 cm³/mol. The van der Waals surface area contributed by atoms with Crippen LogP contribution in [0.5, 0.6) is 5.75 Å². The summed E-state index contributed by atoms with van der Waals surface area (Å²) in [5.41, 5.74) is 2.77. The van der Waals surface area contributed by atoms with Gasteiger partial charge in [-0.3, -0.25) is 0 Å². The fourth-order valence-corrected chi connectivity index (χ4v) is 2.68. The number of amides is 1. The van der Waals surface area contributed by atoms with Gasteiger partial charge in [-0.1, -0.05) is 69.3 Å². The molecule has 132 valence electrons. The molecule has 0 radical (unpaired) electrons. The summed E-state index contributed by atoms with van der Waals surface area (Å²) in [6.45, 7) is 6.46. The van der Waals surface area contributed by atoms with Crippen LogP contribution in [0.3, 0.4) is 0 Å². The third kappa shape index (κ3) is 4.12. The minimum absolute atomic E-state index is 0.0582. The summed E-state index contributed by atoms with van der Waals surface area (Å²) in [5, 5.41) is 0. The van der Waals surface area contributed by atoms with Gasteiger partial charge in [-0.05, 0) is 47.4 Å². The molecule has 0 heterocycles. The summed E-state index contributed by atoms with van der Waals surface area (Å²) >= 11 is 0. The van der Waals surface area contributed by atoms with Crippen LogP contribution in [0, 0.1) is 0 Å². The molecule has 0 unspecified atom stereocenters. The molecule has 3 aromatic rings. The Bertz CT molecular complexity index is 811. The summed E-state index contributed by atoms with van der Waals surface area (Å²) in [7, 11) is 0. The van der Waals surface area contributed by atoms with Crippen LogP contribution >= 0.6 is 0 Å². The predicted octanol–water partition coefficient (Wildman–Crippen LogP) is 6.32. The van der Waals surface area contributed by atoms with E-state index >= 15 is 0 Å². The van der Waals surface area contributed by atoms with Crippen molar-refractivity contribution in [2.75, 3.05) is 4.90 Å². The maximum atomic E-state index is 12.9. The first kappa shape index (κ1) is 17.7. The molecule has 0 saturated carbocycles. The minimum Gasteiger partial charge on any atom is -0.410 e. The first-order valence-corrected chi connectivity index (χ1v) is 8.68. The lowest BCUT2D eigenvalue weighted by Crippen LogP contribution is -2.29. The average Bonchev–Trinajstić information content (AvgIpc) is 2.63. The molecule has 3 rings (SSSR count). The molecule has 0 N–H and O–H groups in total. The van der Waals surface area contributed by atoms with Crippen molar-refractivity contribution >= 4 is 17.5 Å². The summed E-state index contributed by atoms with van der Waals surface area (Å²) in [6.07, 6.45) is -0.439. The zero-order valence-corrected chi connectivity index (χ0v) is 15.3. The Balaban J connectivity index is 1.87. The highest BCUT2D eigenvalue weighted by Gasteiger charge is 2.20. The monoisotopic (exact) mass is 345 g/mol. The standard InChI is InChI=1S/C23H23NO2/c1-23(2,3)18-14-16-21(17-15-18)26-22(25)24(19-10-6-4-7-11-19)20-12-8-5-9-13-20/h4-17H,1-3H3. The van der Waals surface area contributed by atoms with Crippen molar-refractivity contribution in [3.05, 3.63) is 90.5 Å². The topological polar surface area (TPSA) is 29.5 Å². The average molecular weight is 345 g/mol. The molecular weight excluding hydrogens is 322 g/mol. The Labute approximate surface area is 154 Å². The first-order valence-electron chi connectivity index (χ1n) is 8.68. The molecule has 0 spiro atoms. The van der Waals surface area contributed by atoms with E-state index in [4.69, 9.17) is 4.74 Å². The lowest BCUT2D eigenvalue weighted by atomic mass is 9.87. The second kappa shape index (κ2) is 7.44. The Hall–Kier alpha value is -3.07. The van der Waals surface area contributed by atoms with Gasteiger partial charge in [0.15, 0.2) is 0 Å². The van der Waals surface area contributed by atoms with E-state index in [9.17, 15) is 4.79 Å². The van der Waals surface area contributed by atoms with Crippen LogP contribution < -0.4 is 9.64 Å². The van der Waals surface area contributed by atoms with Crippen molar-refractivity contribution in [1.29, 1.82) is 0 Å². The fraction of sp³-hybridized carbons (Fsp3) is 0.174. The van der Waals surface area contributed by atoms with Gasteiger partial charge < -0.3 is 4.74 Å². The van der Waals surface area contributed by atoms with E-state index in [1.165, 1.54) is 5.56 Å². The second-order valence-corrected chi connectivity index (χ2v) is 7.15. The fourth-order valence-electron chi connectivity index (χ4n) is 2.68. The van der Waals surface area contributed by atoms with Gasteiger partial charge in [0.25, 0.3) is 0 Å². The zero-order valence-electron chi connectivity index (χ0n) is 15.3. The molecule has 0 aliphatic rings. The summed E-state index contributed by atoms with van der Waals surface area (Å²) in [5.74, 6) is 0.528. The number of carbonyl (C=O) groups is 1. The smallest absolute Gasteiger partial charge is 0.410 e. The van der Waals surface area contributed by atoms with Gasteiger partial charge in [-0.15, -0.1) is 0 Å². The molecule has 1 amide bonds. The van der Waals surface area contributed by atoms with Crippen LogP contribution in [0.2, 0.25) is 0 Å². The van der Waals surface area contributed by atoms with E-state index in [1.54, 1.807) is 4.90 Å². The van der Waals surface area contributed by atoms with Crippen molar-refractivity contribution in [3.63, 3.8) is 0 Å². The highest BCUT2D eigenvalue weighted by molar-refractivity contribution is 5.97. The van der Waals surface area contributed by atoms with Crippen LogP contribution in [0.1, 0.15) is 26.3 Å². The molecule has 3 heteroatoms. The van der Waals surface area contributed by atoms with Gasteiger partial charge in [0.2, 0.25) is 0 Å². The second-order valence-electron chi connectivity index (χ2n) is 7.15. The van der Waals surface area contributed by atoms with Crippen molar-refractivity contribution in [2.24, 2.45) is 0 Å². The van der Waals surface area contributed by atoms with Gasteiger partial charge in [-0.2, -0.15) is 0 Å². The van der Waals surface area contributed by atoms with Crippen molar-refractivity contribution in [3.8, 4) is 5.75 Å². The van der Waals surface area contributed by atoms with E-state index in [0.29, 0.717) is 5.75 Å². The summed E-state index contributed by atoms with van der Waals surface area (Å²) in [4.78, 5) is 14.5. The largest absolute Gasteiger partial charge is 0.424 e. The Morgan fingerprint density at radius 2 is 1.19 bits per heavy atom. The van der Waals surface area contributed by atoms with Crippen LogP contribution in [-0.2, 0) is 5.41 Å². The van der Waals surface area contributed by atoms with Crippen molar-refractivity contribution in [1.82, 2.24) is 0 Å². The summed E-state index contributed by atoms with van der Waals surface area (Å²) in [6, 6.07) is 26.7. The van der Waals surface area contributed by atoms with Gasteiger partial charge in [0.05, 0.1) is 11.4 Å². The maximum absolute atomic E-state index is 12.9. The molecule has 26 heavy (non-hydrogen) atoms. The number of hydrogen-bond donors (Lipinski definition) is 0. The SMILES string of the molecule is CC(C)(C)c1ccc(OC(=O)N(c2ccccc2)c2ccccc2)cc1. The van der Waals surface area contributed by atoms with E-state index in [-0.39, 0.29) is 5.41 Å². The van der Waals surface area contributed by atoms with E-state index in [0.717, 1.165) is 11.4 Å². The molecule has 0 saturated heterocycles. The maximum Gasteiger partial charge on any atom is 0.424 e. The lowest BCUT2D eigenvalue weighted by molar-refractivity contribution is 0.210. The Morgan fingerprint density at radius 3 is 1.62 bits per heavy atom. The van der Waals surface area contributed by atoms with Gasteiger partial charge in [-0.25, -0.2) is 9.69 Å². The summed E-state index contributed by atoms with van der Waals surface area (Å²) < 4.78 is 5.64. The van der Waals surface area contributed by atoms with Gasteiger partial charge >= 0.3 is 6.09 Å². The number of carbonyl (C=O) groups excluding carboxylic acids is 1. The molecular formula is C23H23NO2. The van der Waals surface area contributed by atoms with Crippen LogP contribution in [0.25, 0.3) is 0 Å². The highest BCUT2D eigenvalue weighted by Crippen LogP contribution is 2.28. The van der Waals surface area contributed by atoms with Crippen molar-refractivity contribution < 1.29 is 9.53 Å². The Kier molecular flexibility index (Phi) is 5.08. The van der Waals surface area contributed by atoms with E-state index in [2.05, 4.69) is 20.8 Å². The van der Waals surface area contributed by atoms with Gasteiger partial charge in [0.1, 0.15) is 5.75 Å². The van der Waals surface area contributed by atoms with E-state index < -0.39 is 6.09 Å². The first-order chi connectivity index (χ1) is 12.4. The quantitative estimate of drug-likeness (QED) is 0.556. The molecule has 0 aliphatic heterocycles. The number of benzene rings is 3. The van der Waals surface area contributed by atoms with Crippen LogP contribution in [0.15, 0.2) is 84.9 Å². The van der Waals surface area contributed by atoms with Crippen LogP contribution in [0.4, 0.5) is 16.2 Å². The van der Waals surface area contributed by atoms with Crippen LogP contribution in [-0.4, -0.2) is 6.09 Å². The molecule has 0 fully saturated rings. The minimum atomic E-state index is -0.439. The normalized spacial score (nSPS) is 11.0. The molecule has 0 atom stereocenters. The van der Waals surface area contributed by atoms with Crippen molar-refractivity contribution in [2.45, 2.75) is 26.2 Å². The number of rotatable bonds is 3. The number of hydrogen-bond acceptors (Lipinski definition) is 2. The number of anilines is 2.